The van der Waals surface area contributed by atoms with Gasteiger partial charge in [0.2, 0.25) is 0 Å². The zero-order valence-electron chi connectivity index (χ0n) is 10.4. The maximum Gasteiger partial charge on any atom is 0.252 e. The summed E-state index contributed by atoms with van der Waals surface area (Å²) in [5.74, 6) is 0.151. The Kier molecular flexibility index (Phi) is 4.43. The van der Waals surface area contributed by atoms with E-state index in [1.807, 2.05) is 6.92 Å². The number of primary amides is 1. The van der Waals surface area contributed by atoms with E-state index in [9.17, 15) is 4.79 Å². The van der Waals surface area contributed by atoms with Crippen molar-refractivity contribution in [1.29, 1.82) is 0 Å². The first kappa shape index (κ1) is 15.0. The van der Waals surface area contributed by atoms with Crippen molar-refractivity contribution in [3.05, 3.63) is 56.5 Å². The van der Waals surface area contributed by atoms with Gasteiger partial charge in [-0.25, -0.2) is 0 Å². The lowest BCUT2D eigenvalue weighted by Gasteiger charge is -2.12. The molecular weight excluding hydrogens is 321 g/mol. The van der Waals surface area contributed by atoms with E-state index in [4.69, 9.17) is 45.3 Å². The SMILES string of the molecule is Cc1cc(Cl)ccc1Oc1cc(Cl)c(Cl)cc1C(N)=O. The van der Waals surface area contributed by atoms with Crippen molar-refractivity contribution in [3.8, 4) is 11.5 Å². The third-order valence-corrected chi connectivity index (χ3v) is 3.60. The van der Waals surface area contributed by atoms with Crippen LogP contribution < -0.4 is 10.5 Å². The molecule has 6 heteroatoms. The lowest BCUT2D eigenvalue weighted by molar-refractivity contribution is 0.0998. The largest absolute Gasteiger partial charge is 0.456 e. The number of hydrogen-bond acceptors (Lipinski definition) is 2. The molecule has 104 valence electrons. The smallest absolute Gasteiger partial charge is 0.252 e. The molecule has 2 N–H and O–H groups in total. The first-order valence-electron chi connectivity index (χ1n) is 5.61. The summed E-state index contributed by atoms with van der Waals surface area (Å²) in [6, 6.07) is 7.97. The second-order valence-electron chi connectivity index (χ2n) is 4.14. The summed E-state index contributed by atoms with van der Waals surface area (Å²) in [6.07, 6.45) is 0. The number of carbonyl (C=O) groups excluding carboxylic acids is 1. The van der Waals surface area contributed by atoms with Gasteiger partial charge in [0.15, 0.2) is 0 Å². The van der Waals surface area contributed by atoms with Gasteiger partial charge in [0.1, 0.15) is 11.5 Å². The lowest BCUT2D eigenvalue weighted by Crippen LogP contribution is -2.12. The van der Waals surface area contributed by atoms with Crippen LogP contribution in [0.5, 0.6) is 11.5 Å². The molecule has 0 heterocycles. The predicted octanol–water partition coefficient (Wildman–Crippen LogP) is 4.85. The molecule has 2 rings (SSSR count). The van der Waals surface area contributed by atoms with E-state index in [-0.39, 0.29) is 21.4 Å². The van der Waals surface area contributed by atoms with E-state index in [1.54, 1.807) is 18.2 Å². The molecule has 0 aliphatic heterocycles. The summed E-state index contributed by atoms with van der Waals surface area (Å²) in [5.41, 5.74) is 6.29. The van der Waals surface area contributed by atoms with Crippen LogP contribution in [0.3, 0.4) is 0 Å². The lowest BCUT2D eigenvalue weighted by atomic mass is 10.2. The van der Waals surface area contributed by atoms with Crippen LogP contribution in [-0.4, -0.2) is 5.91 Å². The predicted molar refractivity (Wildman–Crippen MR) is 81.2 cm³/mol. The van der Waals surface area contributed by atoms with Gasteiger partial charge in [0.05, 0.1) is 15.6 Å². The van der Waals surface area contributed by atoms with E-state index >= 15 is 0 Å². The number of amides is 1. The Balaban J connectivity index is 2.47. The summed E-state index contributed by atoms with van der Waals surface area (Å²) in [7, 11) is 0. The molecule has 3 nitrogen and oxygen atoms in total. The van der Waals surface area contributed by atoms with Crippen LogP contribution in [0.1, 0.15) is 15.9 Å². The molecule has 0 aromatic heterocycles. The summed E-state index contributed by atoms with van der Waals surface area (Å²) in [6.45, 7) is 1.84. The number of nitrogens with two attached hydrogens (primary N) is 1. The van der Waals surface area contributed by atoms with Crippen molar-refractivity contribution in [2.45, 2.75) is 6.92 Å². The Morgan fingerprint density at radius 2 is 1.70 bits per heavy atom. The average molecular weight is 331 g/mol. The number of aryl methyl sites for hydroxylation is 1. The fourth-order valence-electron chi connectivity index (χ4n) is 1.65. The number of hydrogen-bond donors (Lipinski definition) is 1. The molecule has 0 aliphatic carbocycles. The number of carbonyl (C=O) groups is 1. The third-order valence-electron chi connectivity index (χ3n) is 2.64. The van der Waals surface area contributed by atoms with Gasteiger partial charge in [-0.2, -0.15) is 0 Å². The molecule has 0 spiro atoms. The molecule has 0 saturated heterocycles. The fraction of sp³-hybridized carbons (Fsp3) is 0.0714. The molecule has 0 saturated carbocycles. The highest BCUT2D eigenvalue weighted by atomic mass is 35.5. The maximum absolute atomic E-state index is 11.4. The molecule has 0 aliphatic rings. The summed E-state index contributed by atoms with van der Waals surface area (Å²) < 4.78 is 5.69. The van der Waals surface area contributed by atoms with Gasteiger partial charge in [-0.1, -0.05) is 34.8 Å². The minimum absolute atomic E-state index is 0.161. The monoisotopic (exact) mass is 329 g/mol. The number of ether oxygens (including phenoxy) is 1. The number of benzene rings is 2. The van der Waals surface area contributed by atoms with Crippen molar-refractivity contribution in [1.82, 2.24) is 0 Å². The van der Waals surface area contributed by atoms with E-state index in [0.29, 0.717) is 10.8 Å². The van der Waals surface area contributed by atoms with Crippen LogP contribution in [0.2, 0.25) is 15.1 Å². The van der Waals surface area contributed by atoms with Gasteiger partial charge in [-0.3, -0.25) is 4.79 Å². The van der Waals surface area contributed by atoms with Crippen LogP contribution >= 0.6 is 34.8 Å². The van der Waals surface area contributed by atoms with E-state index in [1.165, 1.54) is 12.1 Å². The van der Waals surface area contributed by atoms with Gasteiger partial charge >= 0.3 is 0 Å². The van der Waals surface area contributed by atoms with Crippen LogP contribution in [-0.2, 0) is 0 Å². The Morgan fingerprint density at radius 1 is 1.05 bits per heavy atom. The molecule has 0 radical (unpaired) electrons. The van der Waals surface area contributed by atoms with Crippen molar-refractivity contribution in [3.63, 3.8) is 0 Å². The number of halogens is 3. The zero-order chi connectivity index (χ0) is 14.9. The van der Waals surface area contributed by atoms with Gasteiger partial charge in [0.25, 0.3) is 5.91 Å². The molecule has 0 bridgehead atoms. The molecule has 0 fully saturated rings. The molecule has 2 aromatic rings. The Labute approximate surface area is 131 Å². The summed E-state index contributed by atoms with van der Waals surface area (Å²) in [5, 5.41) is 1.11. The van der Waals surface area contributed by atoms with E-state index in [0.717, 1.165) is 5.56 Å². The second-order valence-corrected chi connectivity index (χ2v) is 5.39. The molecule has 0 unspecified atom stereocenters. The van der Waals surface area contributed by atoms with Crippen LogP contribution in [0.4, 0.5) is 0 Å². The first-order valence-corrected chi connectivity index (χ1v) is 6.74. The molecule has 0 atom stereocenters. The zero-order valence-corrected chi connectivity index (χ0v) is 12.7. The Hall–Kier alpha value is -1.42. The average Bonchev–Trinajstić information content (AvgIpc) is 2.36. The molecule has 20 heavy (non-hydrogen) atoms. The Morgan fingerprint density at radius 3 is 2.30 bits per heavy atom. The second kappa shape index (κ2) is 5.92. The molecular formula is C14H10Cl3NO2. The highest BCUT2D eigenvalue weighted by molar-refractivity contribution is 6.42. The molecule has 1 amide bonds. The maximum atomic E-state index is 11.4. The Bertz CT molecular complexity index is 686. The first-order chi connectivity index (χ1) is 9.38. The standard InChI is InChI=1S/C14H10Cl3NO2/c1-7-4-8(15)2-3-12(7)20-13-6-11(17)10(16)5-9(13)14(18)19/h2-6H,1H3,(H2,18,19). The summed E-state index contributed by atoms with van der Waals surface area (Å²) >= 11 is 17.7. The van der Waals surface area contributed by atoms with Crippen molar-refractivity contribution in [2.24, 2.45) is 5.73 Å². The van der Waals surface area contributed by atoms with E-state index in [2.05, 4.69) is 0 Å². The topological polar surface area (TPSA) is 52.3 Å². The van der Waals surface area contributed by atoms with Crippen molar-refractivity contribution in [2.75, 3.05) is 0 Å². The van der Waals surface area contributed by atoms with Crippen LogP contribution in [0.15, 0.2) is 30.3 Å². The highest BCUT2D eigenvalue weighted by Crippen LogP contribution is 2.34. The minimum atomic E-state index is -0.648. The van der Waals surface area contributed by atoms with Gasteiger partial charge in [-0.15, -0.1) is 0 Å². The van der Waals surface area contributed by atoms with E-state index < -0.39 is 5.91 Å². The normalized spacial score (nSPS) is 10.4. The fourth-order valence-corrected chi connectivity index (χ4v) is 2.20. The van der Waals surface area contributed by atoms with Gasteiger partial charge < -0.3 is 10.5 Å². The quantitative estimate of drug-likeness (QED) is 0.875. The highest BCUT2D eigenvalue weighted by Gasteiger charge is 2.15. The van der Waals surface area contributed by atoms with Gasteiger partial charge in [0, 0.05) is 11.1 Å². The third kappa shape index (κ3) is 3.18. The van der Waals surface area contributed by atoms with Crippen molar-refractivity contribution >= 4 is 40.7 Å². The minimum Gasteiger partial charge on any atom is -0.456 e. The van der Waals surface area contributed by atoms with Crippen LogP contribution in [0.25, 0.3) is 0 Å². The molecule has 2 aromatic carbocycles. The summed E-state index contributed by atoms with van der Waals surface area (Å²) in [4.78, 5) is 11.4. The van der Waals surface area contributed by atoms with Gasteiger partial charge in [-0.05, 0) is 36.8 Å². The van der Waals surface area contributed by atoms with Crippen LogP contribution in [0, 0.1) is 6.92 Å². The number of rotatable bonds is 3. The van der Waals surface area contributed by atoms with Crippen molar-refractivity contribution < 1.29 is 9.53 Å².